The van der Waals surface area contributed by atoms with Gasteiger partial charge in [0.05, 0.1) is 5.69 Å². The molecule has 3 aromatic rings. The van der Waals surface area contributed by atoms with E-state index in [1.54, 1.807) is 10.9 Å². The first-order chi connectivity index (χ1) is 9.65. The molecule has 0 unspecified atom stereocenters. The van der Waals surface area contributed by atoms with E-state index in [0.717, 1.165) is 16.9 Å². The molecule has 0 saturated carbocycles. The summed E-state index contributed by atoms with van der Waals surface area (Å²) in [5, 5.41) is 14.2. The van der Waals surface area contributed by atoms with Gasteiger partial charge in [0.2, 0.25) is 0 Å². The summed E-state index contributed by atoms with van der Waals surface area (Å²) >= 11 is 1.14. The van der Waals surface area contributed by atoms with Crippen LogP contribution in [-0.2, 0) is 7.05 Å². The molecule has 20 heavy (non-hydrogen) atoms. The Morgan fingerprint density at radius 3 is 2.60 bits per heavy atom. The van der Waals surface area contributed by atoms with Gasteiger partial charge in [0.1, 0.15) is 15.6 Å². The first-order valence-corrected chi connectivity index (χ1v) is 6.76. The summed E-state index contributed by atoms with van der Waals surface area (Å²) in [6.07, 6.45) is 1.80. The van der Waals surface area contributed by atoms with Crippen molar-refractivity contribution >= 4 is 17.3 Å². The molecule has 0 saturated heterocycles. The molecule has 0 aliphatic rings. The second-order valence-corrected chi connectivity index (χ2v) is 5.24. The molecule has 0 atom stereocenters. The van der Waals surface area contributed by atoms with Crippen molar-refractivity contribution in [3.63, 3.8) is 0 Å². The maximum Gasteiger partial charge on any atom is 0.348 e. The average molecular weight is 285 g/mol. The number of aromatic nitrogens is 3. The quantitative estimate of drug-likeness (QED) is 0.803. The Hall–Kier alpha value is -2.47. The lowest BCUT2D eigenvalue weighted by atomic mass is 10.1. The highest BCUT2D eigenvalue weighted by Gasteiger charge is 2.20. The van der Waals surface area contributed by atoms with E-state index in [2.05, 4.69) is 10.1 Å². The first-order valence-electron chi connectivity index (χ1n) is 5.94. The molecule has 0 fully saturated rings. The van der Waals surface area contributed by atoms with Crippen LogP contribution < -0.4 is 0 Å². The van der Waals surface area contributed by atoms with E-state index in [1.807, 2.05) is 43.4 Å². The third kappa shape index (κ3) is 2.21. The maximum atomic E-state index is 11.4. The summed E-state index contributed by atoms with van der Waals surface area (Å²) < 4.78 is 1.67. The number of benzene rings is 1. The van der Waals surface area contributed by atoms with Gasteiger partial charge in [0, 0.05) is 18.8 Å². The van der Waals surface area contributed by atoms with E-state index < -0.39 is 5.97 Å². The first kappa shape index (κ1) is 12.6. The van der Waals surface area contributed by atoms with Gasteiger partial charge in [-0.3, -0.25) is 4.68 Å². The van der Waals surface area contributed by atoms with Crippen molar-refractivity contribution in [2.24, 2.45) is 7.05 Å². The molecular weight excluding hydrogens is 274 g/mol. The van der Waals surface area contributed by atoms with E-state index >= 15 is 0 Å². The lowest BCUT2D eigenvalue weighted by Crippen LogP contribution is -1.95. The van der Waals surface area contributed by atoms with Gasteiger partial charge in [-0.2, -0.15) is 5.10 Å². The predicted molar refractivity (Wildman–Crippen MR) is 76.7 cm³/mol. The number of carboxylic acid groups (broad SMARTS) is 1. The van der Waals surface area contributed by atoms with Crippen LogP contribution in [0.1, 0.15) is 9.67 Å². The molecule has 5 nitrogen and oxygen atoms in total. The van der Waals surface area contributed by atoms with Crippen LogP contribution in [0.2, 0.25) is 0 Å². The second kappa shape index (κ2) is 4.90. The molecule has 0 radical (unpaired) electrons. The fourth-order valence-electron chi connectivity index (χ4n) is 1.90. The topological polar surface area (TPSA) is 68.0 Å². The fourth-order valence-corrected chi connectivity index (χ4v) is 2.79. The van der Waals surface area contributed by atoms with E-state index in [9.17, 15) is 9.90 Å². The fraction of sp³-hybridized carbons (Fsp3) is 0.0714. The van der Waals surface area contributed by atoms with Gasteiger partial charge in [0.25, 0.3) is 0 Å². The Bertz CT molecular complexity index is 762. The molecule has 1 aromatic carbocycles. The standard InChI is InChI=1S/C14H11N3O2S/c1-17-8-7-10(16-17)13-15-11(12(20-13)14(18)19)9-5-3-2-4-6-9/h2-8H,1H3,(H,18,19). The van der Waals surface area contributed by atoms with Gasteiger partial charge in [-0.15, -0.1) is 11.3 Å². The Kier molecular flexibility index (Phi) is 3.08. The number of carboxylic acids is 1. The Morgan fingerprint density at radius 2 is 2.00 bits per heavy atom. The minimum Gasteiger partial charge on any atom is -0.477 e. The third-order valence-corrected chi connectivity index (χ3v) is 3.87. The zero-order valence-corrected chi connectivity index (χ0v) is 11.5. The van der Waals surface area contributed by atoms with Gasteiger partial charge < -0.3 is 5.11 Å². The molecule has 0 aliphatic heterocycles. The highest BCUT2D eigenvalue weighted by molar-refractivity contribution is 7.17. The van der Waals surface area contributed by atoms with Crippen LogP contribution in [0.15, 0.2) is 42.6 Å². The van der Waals surface area contributed by atoms with E-state index in [-0.39, 0.29) is 4.88 Å². The maximum absolute atomic E-state index is 11.4. The highest BCUT2D eigenvalue weighted by Crippen LogP contribution is 2.33. The van der Waals surface area contributed by atoms with Crippen molar-refractivity contribution in [3.8, 4) is 22.0 Å². The Morgan fingerprint density at radius 1 is 1.25 bits per heavy atom. The van der Waals surface area contributed by atoms with Crippen LogP contribution in [0.3, 0.4) is 0 Å². The number of aryl methyl sites for hydroxylation is 1. The largest absolute Gasteiger partial charge is 0.477 e. The van der Waals surface area contributed by atoms with Gasteiger partial charge in [-0.05, 0) is 6.07 Å². The van der Waals surface area contributed by atoms with E-state index in [4.69, 9.17) is 0 Å². The van der Waals surface area contributed by atoms with Crippen LogP contribution in [0.5, 0.6) is 0 Å². The monoisotopic (exact) mass is 285 g/mol. The van der Waals surface area contributed by atoms with Gasteiger partial charge in [-0.1, -0.05) is 30.3 Å². The van der Waals surface area contributed by atoms with Crippen molar-refractivity contribution in [2.75, 3.05) is 0 Å². The van der Waals surface area contributed by atoms with Gasteiger partial charge in [0.15, 0.2) is 0 Å². The smallest absolute Gasteiger partial charge is 0.348 e. The molecule has 0 bridgehead atoms. The van der Waals surface area contributed by atoms with Gasteiger partial charge >= 0.3 is 5.97 Å². The SMILES string of the molecule is Cn1ccc(-c2nc(-c3ccccc3)c(C(=O)O)s2)n1. The number of aromatic carboxylic acids is 1. The molecule has 2 heterocycles. The number of rotatable bonds is 3. The normalized spacial score (nSPS) is 10.7. The lowest BCUT2D eigenvalue weighted by molar-refractivity contribution is 0.0702. The molecular formula is C14H11N3O2S. The van der Waals surface area contributed by atoms with Crippen molar-refractivity contribution in [1.82, 2.24) is 14.8 Å². The van der Waals surface area contributed by atoms with Crippen LogP contribution in [0, 0.1) is 0 Å². The zero-order chi connectivity index (χ0) is 14.1. The van der Waals surface area contributed by atoms with Crippen molar-refractivity contribution in [2.45, 2.75) is 0 Å². The van der Waals surface area contributed by atoms with Crippen LogP contribution in [0.4, 0.5) is 0 Å². The summed E-state index contributed by atoms with van der Waals surface area (Å²) in [5.41, 5.74) is 1.97. The molecule has 1 N–H and O–H groups in total. The van der Waals surface area contributed by atoms with E-state index in [1.165, 1.54) is 0 Å². The number of nitrogens with zero attached hydrogens (tertiary/aromatic N) is 3. The molecule has 2 aromatic heterocycles. The van der Waals surface area contributed by atoms with Crippen molar-refractivity contribution < 1.29 is 9.90 Å². The predicted octanol–water partition coefficient (Wildman–Crippen LogP) is 2.91. The lowest BCUT2D eigenvalue weighted by Gasteiger charge is -1.97. The Balaban J connectivity index is 2.15. The van der Waals surface area contributed by atoms with Crippen LogP contribution in [-0.4, -0.2) is 25.8 Å². The molecule has 0 aliphatic carbocycles. The third-order valence-electron chi connectivity index (χ3n) is 2.80. The molecule has 0 spiro atoms. The summed E-state index contributed by atoms with van der Waals surface area (Å²) in [7, 11) is 1.81. The number of hydrogen-bond acceptors (Lipinski definition) is 4. The number of carbonyl (C=O) groups is 1. The number of hydrogen-bond donors (Lipinski definition) is 1. The van der Waals surface area contributed by atoms with Crippen LogP contribution >= 0.6 is 11.3 Å². The number of thiazole rings is 1. The summed E-state index contributed by atoms with van der Waals surface area (Å²) in [5.74, 6) is -0.969. The zero-order valence-electron chi connectivity index (χ0n) is 10.6. The summed E-state index contributed by atoms with van der Waals surface area (Å²) in [4.78, 5) is 16.1. The molecule has 100 valence electrons. The van der Waals surface area contributed by atoms with Crippen LogP contribution in [0.25, 0.3) is 22.0 Å². The minimum atomic E-state index is -0.969. The van der Waals surface area contributed by atoms with Crippen molar-refractivity contribution in [1.29, 1.82) is 0 Å². The second-order valence-electron chi connectivity index (χ2n) is 4.24. The van der Waals surface area contributed by atoms with E-state index in [0.29, 0.717) is 16.4 Å². The summed E-state index contributed by atoms with van der Waals surface area (Å²) in [6.45, 7) is 0. The minimum absolute atomic E-state index is 0.233. The molecule has 6 heteroatoms. The van der Waals surface area contributed by atoms with Gasteiger partial charge in [-0.25, -0.2) is 9.78 Å². The molecule has 3 rings (SSSR count). The highest BCUT2D eigenvalue weighted by atomic mass is 32.1. The summed E-state index contributed by atoms with van der Waals surface area (Å²) in [6, 6.07) is 11.1. The molecule has 0 amide bonds. The average Bonchev–Trinajstić information content (AvgIpc) is 3.05. The Labute approximate surface area is 119 Å². The van der Waals surface area contributed by atoms with Crippen molar-refractivity contribution in [3.05, 3.63) is 47.5 Å².